The number of fused-ring (bicyclic) bond motifs is 2. The number of rotatable bonds is 3. The van der Waals surface area contributed by atoms with Gasteiger partial charge in [0.2, 0.25) is 0 Å². The molecule has 6 nitrogen and oxygen atoms in total. The Bertz CT molecular complexity index is 925. The maximum Gasteiger partial charge on any atom is 0.272 e. The first-order valence-electron chi connectivity index (χ1n) is 8.66. The van der Waals surface area contributed by atoms with E-state index >= 15 is 0 Å². The van der Waals surface area contributed by atoms with Crippen molar-refractivity contribution in [2.45, 2.75) is 43.0 Å². The smallest absolute Gasteiger partial charge is 0.272 e. The summed E-state index contributed by atoms with van der Waals surface area (Å²) < 4.78 is 36.8. The number of benzene rings is 1. The van der Waals surface area contributed by atoms with E-state index in [1.807, 2.05) is 4.90 Å². The number of carbonyl (C=O) groups excluding carboxylic acids is 1. The van der Waals surface area contributed by atoms with Crippen LogP contribution in [0.2, 0.25) is 0 Å². The fourth-order valence-electron chi connectivity index (χ4n) is 4.15. The summed E-state index contributed by atoms with van der Waals surface area (Å²) in [6.45, 7) is 0. The van der Waals surface area contributed by atoms with Crippen molar-refractivity contribution in [1.29, 1.82) is 0 Å². The Morgan fingerprint density at radius 2 is 1.81 bits per heavy atom. The van der Waals surface area contributed by atoms with Gasteiger partial charge in [-0.15, -0.1) is 0 Å². The van der Waals surface area contributed by atoms with Crippen molar-refractivity contribution in [2.75, 3.05) is 6.26 Å². The van der Waals surface area contributed by atoms with Crippen LogP contribution in [0.4, 0.5) is 4.39 Å². The van der Waals surface area contributed by atoms with E-state index in [1.165, 1.54) is 18.4 Å². The Morgan fingerprint density at radius 3 is 2.38 bits per heavy atom. The van der Waals surface area contributed by atoms with E-state index in [0.717, 1.165) is 18.4 Å². The molecule has 1 aromatic heterocycles. The molecule has 2 fully saturated rings. The first-order chi connectivity index (χ1) is 12.3. The van der Waals surface area contributed by atoms with E-state index in [0.29, 0.717) is 24.2 Å². The van der Waals surface area contributed by atoms with Crippen molar-refractivity contribution < 1.29 is 17.6 Å². The molecule has 2 aromatic rings. The molecule has 4 rings (SSSR count). The molecule has 138 valence electrons. The van der Waals surface area contributed by atoms with E-state index in [4.69, 9.17) is 0 Å². The van der Waals surface area contributed by atoms with Crippen molar-refractivity contribution in [3.05, 3.63) is 41.8 Å². The number of hydrogen-bond acceptors (Lipinski definition) is 4. The molecule has 1 amide bonds. The Morgan fingerprint density at radius 1 is 1.19 bits per heavy atom. The zero-order valence-electron chi connectivity index (χ0n) is 14.4. The number of nitrogens with zero attached hydrogens (tertiary/aromatic N) is 2. The summed E-state index contributed by atoms with van der Waals surface area (Å²) in [7, 11) is -3.09. The topological polar surface area (TPSA) is 83.1 Å². The summed E-state index contributed by atoms with van der Waals surface area (Å²) >= 11 is 0. The third kappa shape index (κ3) is 3.02. The van der Waals surface area contributed by atoms with Gasteiger partial charge in [0.1, 0.15) is 21.3 Å². The second-order valence-corrected chi connectivity index (χ2v) is 9.52. The van der Waals surface area contributed by atoms with Gasteiger partial charge in [-0.3, -0.25) is 9.89 Å². The Labute approximate surface area is 151 Å². The standard InChI is InChI=1S/C18H20FN3O3S/c1-26(24,25)15-8-13-6-7-14(9-15)22(13)18(23)17-10-16(20-21-17)11-2-4-12(19)5-3-11/h2-5,10,13-15H,6-9H2,1H3,(H,20,21). The highest BCUT2D eigenvalue weighted by atomic mass is 32.2. The van der Waals surface area contributed by atoms with Crippen LogP contribution >= 0.6 is 0 Å². The number of H-pyrrole nitrogens is 1. The van der Waals surface area contributed by atoms with Crippen molar-refractivity contribution in [3.63, 3.8) is 0 Å². The van der Waals surface area contributed by atoms with Crippen LogP contribution in [0.5, 0.6) is 0 Å². The fourth-order valence-corrected chi connectivity index (χ4v) is 5.29. The second-order valence-electron chi connectivity index (χ2n) is 7.19. The molecule has 2 aliphatic rings. The van der Waals surface area contributed by atoms with Gasteiger partial charge in [0.25, 0.3) is 5.91 Å². The van der Waals surface area contributed by atoms with Gasteiger partial charge in [-0.25, -0.2) is 12.8 Å². The number of amides is 1. The van der Waals surface area contributed by atoms with Crippen LogP contribution in [0.3, 0.4) is 0 Å². The summed E-state index contributed by atoms with van der Waals surface area (Å²) in [6.07, 6.45) is 3.95. The largest absolute Gasteiger partial charge is 0.331 e. The average molecular weight is 377 g/mol. The normalized spacial score (nSPS) is 25.5. The SMILES string of the molecule is CS(=O)(=O)C1CC2CCC(C1)N2C(=O)c1cc(-c2ccc(F)cc2)n[nH]1. The molecule has 1 N–H and O–H groups in total. The van der Waals surface area contributed by atoms with Crippen LogP contribution in [-0.4, -0.2) is 53.0 Å². The van der Waals surface area contributed by atoms with Gasteiger partial charge in [0.05, 0.1) is 10.9 Å². The van der Waals surface area contributed by atoms with Crippen LogP contribution < -0.4 is 0 Å². The van der Waals surface area contributed by atoms with Gasteiger partial charge in [-0.2, -0.15) is 5.10 Å². The third-order valence-corrected chi connectivity index (χ3v) is 7.07. The zero-order chi connectivity index (χ0) is 18.5. The molecule has 0 saturated carbocycles. The van der Waals surface area contributed by atoms with Gasteiger partial charge >= 0.3 is 0 Å². The highest BCUT2D eigenvalue weighted by Crippen LogP contribution is 2.39. The van der Waals surface area contributed by atoms with E-state index in [9.17, 15) is 17.6 Å². The van der Waals surface area contributed by atoms with E-state index in [-0.39, 0.29) is 29.1 Å². The minimum Gasteiger partial charge on any atom is -0.331 e. The molecule has 2 atom stereocenters. The highest BCUT2D eigenvalue weighted by Gasteiger charge is 2.46. The first kappa shape index (κ1) is 17.2. The number of aromatic amines is 1. The number of hydrogen-bond donors (Lipinski definition) is 1. The number of piperidine rings is 1. The van der Waals surface area contributed by atoms with Crippen molar-refractivity contribution in [3.8, 4) is 11.3 Å². The molecule has 3 heterocycles. The predicted octanol–water partition coefficient (Wildman–Crippen LogP) is 2.40. The van der Waals surface area contributed by atoms with Crippen LogP contribution in [-0.2, 0) is 9.84 Å². The van der Waals surface area contributed by atoms with Crippen molar-refractivity contribution in [1.82, 2.24) is 15.1 Å². The molecule has 1 aromatic carbocycles. The Balaban J connectivity index is 1.55. The van der Waals surface area contributed by atoms with Gasteiger partial charge in [-0.05, 0) is 56.0 Å². The summed E-state index contributed by atoms with van der Waals surface area (Å²) in [5, 5.41) is 6.58. The monoisotopic (exact) mass is 377 g/mol. The maximum atomic E-state index is 13.1. The lowest BCUT2D eigenvalue weighted by atomic mass is 10.0. The lowest BCUT2D eigenvalue weighted by Gasteiger charge is -2.38. The minimum absolute atomic E-state index is 0.0430. The predicted molar refractivity (Wildman–Crippen MR) is 94.8 cm³/mol. The van der Waals surface area contributed by atoms with Crippen LogP contribution in [0, 0.1) is 5.82 Å². The van der Waals surface area contributed by atoms with Gasteiger partial charge in [0, 0.05) is 23.9 Å². The first-order valence-corrected chi connectivity index (χ1v) is 10.6. The van der Waals surface area contributed by atoms with E-state index in [2.05, 4.69) is 10.2 Å². The third-order valence-electron chi connectivity index (χ3n) is 5.48. The fraction of sp³-hybridized carbons (Fsp3) is 0.444. The summed E-state index contributed by atoms with van der Waals surface area (Å²) in [6, 6.07) is 7.50. The summed E-state index contributed by atoms with van der Waals surface area (Å²) in [5.74, 6) is -0.476. The molecule has 26 heavy (non-hydrogen) atoms. The van der Waals surface area contributed by atoms with Crippen molar-refractivity contribution in [2.24, 2.45) is 0 Å². The lowest BCUT2D eigenvalue weighted by Crippen LogP contribution is -2.49. The van der Waals surface area contributed by atoms with Gasteiger partial charge < -0.3 is 4.90 Å². The summed E-state index contributed by atoms with van der Waals surface area (Å²) in [4.78, 5) is 14.8. The number of sulfone groups is 1. The van der Waals surface area contributed by atoms with E-state index in [1.54, 1.807) is 18.2 Å². The molecular weight excluding hydrogens is 357 g/mol. The summed E-state index contributed by atoms with van der Waals surface area (Å²) in [5.41, 5.74) is 1.67. The molecule has 2 aliphatic heterocycles. The van der Waals surface area contributed by atoms with E-state index < -0.39 is 9.84 Å². The quantitative estimate of drug-likeness (QED) is 0.890. The molecule has 0 aliphatic carbocycles. The van der Waals surface area contributed by atoms with Crippen LogP contribution in [0.15, 0.2) is 30.3 Å². The number of aromatic nitrogens is 2. The molecule has 0 radical (unpaired) electrons. The number of halogens is 1. The lowest BCUT2D eigenvalue weighted by molar-refractivity contribution is 0.0592. The average Bonchev–Trinajstić information content (AvgIpc) is 3.17. The number of carbonyl (C=O) groups is 1. The van der Waals surface area contributed by atoms with Crippen LogP contribution in [0.1, 0.15) is 36.2 Å². The minimum atomic E-state index is -3.09. The zero-order valence-corrected chi connectivity index (χ0v) is 15.2. The Kier molecular flexibility index (Phi) is 4.10. The molecule has 2 bridgehead atoms. The highest BCUT2D eigenvalue weighted by molar-refractivity contribution is 7.91. The second kappa shape index (κ2) is 6.19. The molecule has 2 saturated heterocycles. The van der Waals surface area contributed by atoms with Gasteiger partial charge in [-0.1, -0.05) is 0 Å². The maximum absolute atomic E-state index is 13.1. The molecule has 0 spiro atoms. The molecule has 8 heteroatoms. The number of nitrogens with one attached hydrogen (secondary N) is 1. The Hall–Kier alpha value is -2.22. The van der Waals surface area contributed by atoms with Crippen LogP contribution in [0.25, 0.3) is 11.3 Å². The molecule has 2 unspecified atom stereocenters. The molecular formula is C18H20FN3O3S. The van der Waals surface area contributed by atoms with Gasteiger partial charge in [0.15, 0.2) is 0 Å². The van der Waals surface area contributed by atoms with Crippen molar-refractivity contribution >= 4 is 15.7 Å².